The molecule has 1 saturated heterocycles. The summed E-state index contributed by atoms with van der Waals surface area (Å²) in [5.41, 5.74) is 2.90. The monoisotopic (exact) mass is 449 g/mol. The Balaban J connectivity index is 1.47. The molecular formula is C24H24FN5O3. The van der Waals surface area contributed by atoms with E-state index in [0.29, 0.717) is 36.3 Å². The van der Waals surface area contributed by atoms with Crippen molar-refractivity contribution in [1.29, 1.82) is 0 Å². The van der Waals surface area contributed by atoms with Crippen molar-refractivity contribution in [1.82, 2.24) is 19.9 Å². The lowest BCUT2D eigenvalue weighted by atomic mass is 10.1. The normalized spacial score (nSPS) is 17.7. The van der Waals surface area contributed by atoms with Crippen LogP contribution in [-0.2, 0) is 17.8 Å². The number of hydrogen-bond acceptors (Lipinski definition) is 6. The summed E-state index contributed by atoms with van der Waals surface area (Å²) in [7, 11) is 0. The van der Waals surface area contributed by atoms with Crippen molar-refractivity contribution in [3.05, 3.63) is 70.1 Å². The molecule has 0 spiro atoms. The SMILES string of the molecule is Cc1nc(C)c(C(=O)N2CCCC2c2nc(C)c3c(n2)N(Cc2ccc(F)cc2)C(=O)C3)o1. The van der Waals surface area contributed by atoms with Gasteiger partial charge in [0, 0.05) is 24.7 Å². The van der Waals surface area contributed by atoms with Crippen LogP contribution in [-0.4, -0.2) is 38.2 Å². The van der Waals surface area contributed by atoms with Gasteiger partial charge in [-0.2, -0.15) is 0 Å². The van der Waals surface area contributed by atoms with E-state index >= 15 is 0 Å². The van der Waals surface area contributed by atoms with Gasteiger partial charge >= 0.3 is 0 Å². The Morgan fingerprint density at radius 3 is 2.58 bits per heavy atom. The maximum absolute atomic E-state index is 13.3. The van der Waals surface area contributed by atoms with E-state index in [1.165, 1.54) is 12.1 Å². The topological polar surface area (TPSA) is 92.4 Å². The predicted octanol–water partition coefficient (Wildman–Crippen LogP) is 3.60. The number of aromatic nitrogens is 3. The molecule has 2 aromatic heterocycles. The van der Waals surface area contributed by atoms with E-state index in [4.69, 9.17) is 9.40 Å². The summed E-state index contributed by atoms with van der Waals surface area (Å²) >= 11 is 0. The highest BCUT2D eigenvalue weighted by Gasteiger charge is 2.38. The van der Waals surface area contributed by atoms with Gasteiger partial charge in [0.2, 0.25) is 11.7 Å². The van der Waals surface area contributed by atoms with Gasteiger partial charge < -0.3 is 9.32 Å². The zero-order chi connectivity index (χ0) is 23.3. The maximum Gasteiger partial charge on any atom is 0.292 e. The van der Waals surface area contributed by atoms with Crippen molar-refractivity contribution >= 4 is 17.6 Å². The molecular weight excluding hydrogens is 425 g/mol. The molecule has 2 amide bonds. The van der Waals surface area contributed by atoms with Gasteiger partial charge in [-0.1, -0.05) is 12.1 Å². The first-order valence-electron chi connectivity index (χ1n) is 11.0. The van der Waals surface area contributed by atoms with Crippen LogP contribution in [0.5, 0.6) is 0 Å². The lowest BCUT2D eigenvalue weighted by Gasteiger charge is -2.24. The minimum Gasteiger partial charge on any atom is -0.436 e. The van der Waals surface area contributed by atoms with Crippen LogP contribution in [0.4, 0.5) is 10.2 Å². The van der Waals surface area contributed by atoms with Crippen LogP contribution < -0.4 is 4.90 Å². The summed E-state index contributed by atoms with van der Waals surface area (Å²) in [6, 6.07) is 5.77. The van der Waals surface area contributed by atoms with Crippen LogP contribution in [0, 0.1) is 26.6 Å². The number of halogens is 1. The molecule has 1 fully saturated rings. The van der Waals surface area contributed by atoms with Gasteiger partial charge in [0.25, 0.3) is 5.91 Å². The number of rotatable bonds is 4. The van der Waals surface area contributed by atoms with E-state index < -0.39 is 0 Å². The Morgan fingerprint density at radius 2 is 1.88 bits per heavy atom. The molecule has 0 bridgehead atoms. The van der Waals surface area contributed by atoms with Gasteiger partial charge in [0.1, 0.15) is 11.6 Å². The van der Waals surface area contributed by atoms with Crippen LogP contribution in [0.25, 0.3) is 0 Å². The lowest BCUT2D eigenvalue weighted by Crippen LogP contribution is -2.32. The number of nitrogens with zero attached hydrogens (tertiary/aromatic N) is 5. The number of likely N-dealkylation sites (tertiary alicyclic amines) is 1. The summed E-state index contributed by atoms with van der Waals surface area (Å²) < 4.78 is 18.9. The van der Waals surface area contributed by atoms with E-state index in [9.17, 15) is 14.0 Å². The zero-order valence-corrected chi connectivity index (χ0v) is 18.8. The van der Waals surface area contributed by atoms with Gasteiger partial charge in [-0.3, -0.25) is 14.5 Å². The molecule has 1 atom stereocenters. The second kappa shape index (κ2) is 8.06. The molecule has 3 aromatic rings. The molecule has 8 nitrogen and oxygen atoms in total. The summed E-state index contributed by atoms with van der Waals surface area (Å²) in [6.07, 6.45) is 1.77. The molecule has 0 aliphatic carbocycles. The van der Waals surface area contributed by atoms with Gasteiger partial charge in [-0.15, -0.1) is 0 Å². The van der Waals surface area contributed by atoms with Crippen molar-refractivity contribution < 1.29 is 18.4 Å². The molecule has 4 heterocycles. The van der Waals surface area contributed by atoms with Gasteiger partial charge in [0.15, 0.2) is 11.7 Å². The number of anilines is 1. The van der Waals surface area contributed by atoms with Crippen molar-refractivity contribution in [3.63, 3.8) is 0 Å². The average molecular weight is 449 g/mol. The van der Waals surface area contributed by atoms with Gasteiger partial charge in [0.05, 0.1) is 24.7 Å². The highest BCUT2D eigenvalue weighted by molar-refractivity contribution is 6.00. The highest BCUT2D eigenvalue weighted by atomic mass is 19.1. The van der Waals surface area contributed by atoms with Crippen LogP contribution in [0.1, 0.15) is 63.7 Å². The third kappa shape index (κ3) is 3.77. The molecule has 0 N–H and O–H groups in total. The van der Waals surface area contributed by atoms with Crippen molar-refractivity contribution in [2.45, 2.75) is 52.6 Å². The number of carbonyl (C=O) groups excluding carboxylic acids is 2. The minimum absolute atomic E-state index is 0.0732. The van der Waals surface area contributed by atoms with Crippen LogP contribution in [0.2, 0.25) is 0 Å². The molecule has 33 heavy (non-hydrogen) atoms. The van der Waals surface area contributed by atoms with E-state index in [1.54, 1.807) is 35.8 Å². The number of amides is 2. The molecule has 0 saturated carbocycles. The Morgan fingerprint density at radius 1 is 1.12 bits per heavy atom. The third-order valence-corrected chi connectivity index (χ3v) is 6.26. The number of hydrogen-bond donors (Lipinski definition) is 0. The Kier molecular flexibility index (Phi) is 5.19. The molecule has 9 heteroatoms. The number of fused-ring (bicyclic) bond motifs is 1. The number of aryl methyl sites for hydroxylation is 3. The average Bonchev–Trinajstić information content (AvgIpc) is 3.47. The van der Waals surface area contributed by atoms with Gasteiger partial charge in [-0.05, 0) is 44.4 Å². The highest BCUT2D eigenvalue weighted by Crippen LogP contribution is 2.36. The van der Waals surface area contributed by atoms with E-state index in [-0.39, 0.29) is 35.9 Å². The zero-order valence-electron chi connectivity index (χ0n) is 18.8. The molecule has 2 aliphatic rings. The Hall–Kier alpha value is -3.62. The van der Waals surface area contributed by atoms with Crippen LogP contribution in [0.15, 0.2) is 28.7 Å². The van der Waals surface area contributed by atoms with E-state index in [1.807, 2.05) is 6.92 Å². The largest absolute Gasteiger partial charge is 0.436 e. The van der Waals surface area contributed by atoms with Crippen molar-refractivity contribution in [2.75, 3.05) is 11.4 Å². The first-order valence-corrected chi connectivity index (χ1v) is 11.0. The van der Waals surface area contributed by atoms with Crippen molar-refractivity contribution in [3.8, 4) is 0 Å². The Labute approximate surface area is 190 Å². The first-order chi connectivity index (χ1) is 15.8. The lowest BCUT2D eigenvalue weighted by molar-refractivity contribution is -0.117. The van der Waals surface area contributed by atoms with Crippen LogP contribution >= 0.6 is 0 Å². The quantitative estimate of drug-likeness (QED) is 0.604. The number of carbonyl (C=O) groups is 2. The molecule has 5 rings (SSSR count). The summed E-state index contributed by atoms with van der Waals surface area (Å²) in [4.78, 5) is 43.0. The summed E-state index contributed by atoms with van der Waals surface area (Å²) in [5, 5.41) is 0. The first kappa shape index (κ1) is 21.2. The molecule has 170 valence electrons. The smallest absolute Gasteiger partial charge is 0.292 e. The van der Waals surface area contributed by atoms with Crippen molar-refractivity contribution in [2.24, 2.45) is 0 Å². The fraction of sp³-hybridized carbons (Fsp3) is 0.375. The molecule has 1 unspecified atom stereocenters. The Bertz CT molecular complexity index is 1250. The molecule has 1 aromatic carbocycles. The standard InChI is InChI=1S/C24H24FN5O3/c1-13-18-11-20(31)30(12-16-6-8-17(25)9-7-16)23(18)28-22(27-13)19-5-4-10-29(19)24(32)21-14(2)26-15(3)33-21/h6-9,19H,4-5,10-12H2,1-3H3. The van der Waals surface area contributed by atoms with Gasteiger partial charge in [-0.25, -0.2) is 19.3 Å². The molecule has 2 aliphatic heterocycles. The minimum atomic E-state index is -0.324. The fourth-order valence-electron chi connectivity index (χ4n) is 4.62. The second-order valence-corrected chi connectivity index (χ2v) is 8.56. The van der Waals surface area contributed by atoms with E-state index in [0.717, 1.165) is 29.7 Å². The molecule has 0 radical (unpaired) electrons. The van der Waals surface area contributed by atoms with Crippen LogP contribution in [0.3, 0.4) is 0 Å². The summed E-state index contributed by atoms with van der Waals surface area (Å²) in [6.45, 7) is 6.20. The maximum atomic E-state index is 13.3. The number of benzene rings is 1. The summed E-state index contributed by atoms with van der Waals surface area (Å²) in [5.74, 6) is 1.15. The predicted molar refractivity (Wildman–Crippen MR) is 117 cm³/mol. The van der Waals surface area contributed by atoms with E-state index in [2.05, 4.69) is 9.97 Å². The number of oxazole rings is 1. The second-order valence-electron chi connectivity index (χ2n) is 8.56. The third-order valence-electron chi connectivity index (χ3n) is 6.26. The fourth-order valence-corrected chi connectivity index (χ4v) is 4.62.